The number of rotatable bonds is 4. The van der Waals surface area contributed by atoms with Gasteiger partial charge < -0.3 is 15.4 Å². The molecule has 0 bridgehead atoms. The van der Waals surface area contributed by atoms with Crippen LogP contribution in [-0.2, 0) is 0 Å². The minimum atomic E-state index is -0.121. The van der Waals surface area contributed by atoms with Crippen LogP contribution in [-0.4, -0.2) is 32.1 Å². The van der Waals surface area contributed by atoms with Crippen molar-refractivity contribution in [3.63, 3.8) is 0 Å². The van der Waals surface area contributed by atoms with Gasteiger partial charge in [-0.15, -0.1) is 12.4 Å². The molecule has 1 amide bonds. The van der Waals surface area contributed by atoms with E-state index in [9.17, 15) is 4.79 Å². The van der Waals surface area contributed by atoms with E-state index in [1.807, 2.05) is 0 Å². The second-order valence-electron chi connectivity index (χ2n) is 5.06. The lowest BCUT2D eigenvalue weighted by Gasteiger charge is -2.17. The van der Waals surface area contributed by atoms with E-state index >= 15 is 0 Å². The Hall–Kier alpha value is -0.970. The minimum absolute atomic E-state index is 0. The van der Waals surface area contributed by atoms with Crippen LogP contribution in [0, 0.1) is 0 Å². The molecule has 1 atom stereocenters. The lowest BCUT2D eigenvalue weighted by Crippen LogP contribution is -2.40. The van der Waals surface area contributed by atoms with Gasteiger partial charge in [0.2, 0.25) is 0 Å². The summed E-state index contributed by atoms with van der Waals surface area (Å²) < 4.78 is 5.20. The van der Waals surface area contributed by atoms with Crippen molar-refractivity contribution in [1.29, 1.82) is 0 Å². The van der Waals surface area contributed by atoms with Crippen LogP contribution in [0.25, 0.3) is 0 Å². The number of methoxy groups -OCH3 is 1. The van der Waals surface area contributed by atoms with Crippen molar-refractivity contribution in [2.75, 3.05) is 20.2 Å². The third-order valence-corrected chi connectivity index (χ3v) is 3.81. The van der Waals surface area contributed by atoms with Crippen molar-refractivity contribution in [3.05, 3.63) is 28.8 Å². The predicted molar refractivity (Wildman–Crippen MR) is 87.8 cm³/mol. The summed E-state index contributed by atoms with van der Waals surface area (Å²) in [6.45, 7) is 1.68. The highest BCUT2D eigenvalue weighted by Gasteiger charge is 2.16. The van der Waals surface area contributed by atoms with Crippen LogP contribution in [0.3, 0.4) is 0 Å². The van der Waals surface area contributed by atoms with Crippen LogP contribution in [0.1, 0.15) is 36.0 Å². The number of halogens is 2. The summed E-state index contributed by atoms with van der Waals surface area (Å²) >= 11 is 5.90. The standard InChI is InChI=1S/C15H21ClN2O2.ClH/c1-20-14-9-11(16)6-7-13(14)15(19)18-10-12-5-3-2-4-8-17-12;/h6-7,9,12,17H,2-5,8,10H2,1H3,(H,18,19);1H. The molecule has 1 fully saturated rings. The van der Waals surface area contributed by atoms with E-state index in [2.05, 4.69) is 10.6 Å². The molecular formula is C15H22Cl2N2O2. The zero-order chi connectivity index (χ0) is 14.4. The molecule has 118 valence electrons. The first-order valence-corrected chi connectivity index (χ1v) is 7.43. The number of amides is 1. The maximum absolute atomic E-state index is 12.2. The van der Waals surface area contributed by atoms with Crippen molar-refractivity contribution in [1.82, 2.24) is 10.6 Å². The lowest BCUT2D eigenvalue weighted by atomic mass is 10.1. The Bertz CT molecular complexity index is 461. The summed E-state index contributed by atoms with van der Waals surface area (Å²) in [5.41, 5.74) is 0.519. The third kappa shape index (κ3) is 5.38. The minimum Gasteiger partial charge on any atom is -0.496 e. The van der Waals surface area contributed by atoms with Gasteiger partial charge in [0, 0.05) is 17.6 Å². The van der Waals surface area contributed by atoms with Crippen molar-refractivity contribution in [3.8, 4) is 5.75 Å². The highest BCUT2D eigenvalue weighted by molar-refractivity contribution is 6.30. The summed E-state index contributed by atoms with van der Waals surface area (Å²) in [5, 5.41) is 6.98. The molecule has 1 aromatic carbocycles. The van der Waals surface area contributed by atoms with Gasteiger partial charge in [0.25, 0.3) is 5.91 Å². The van der Waals surface area contributed by atoms with Gasteiger partial charge in [0.1, 0.15) is 5.75 Å². The molecular weight excluding hydrogens is 311 g/mol. The zero-order valence-corrected chi connectivity index (χ0v) is 13.7. The fraction of sp³-hybridized carbons (Fsp3) is 0.533. The van der Waals surface area contributed by atoms with Crippen LogP contribution < -0.4 is 15.4 Å². The summed E-state index contributed by atoms with van der Waals surface area (Å²) in [6, 6.07) is 5.40. The fourth-order valence-electron chi connectivity index (χ4n) is 2.44. The number of ether oxygens (including phenoxy) is 1. The normalized spacial score (nSPS) is 18.3. The molecule has 0 aliphatic carbocycles. The second kappa shape index (κ2) is 9.13. The van der Waals surface area contributed by atoms with Crippen LogP contribution in [0.5, 0.6) is 5.75 Å². The first-order chi connectivity index (χ1) is 9.70. The van der Waals surface area contributed by atoms with E-state index in [1.54, 1.807) is 18.2 Å². The molecule has 0 saturated carbocycles. The van der Waals surface area contributed by atoms with Crippen LogP contribution in [0.4, 0.5) is 0 Å². The van der Waals surface area contributed by atoms with Gasteiger partial charge in [0.15, 0.2) is 0 Å². The molecule has 2 N–H and O–H groups in total. The molecule has 1 unspecified atom stereocenters. The average molecular weight is 333 g/mol. The van der Waals surface area contributed by atoms with E-state index in [0.29, 0.717) is 28.9 Å². The van der Waals surface area contributed by atoms with Crippen molar-refractivity contribution in [2.45, 2.75) is 31.7 Å². The number of carbonyl (C=O) groups is 1. The maximum Gasteiger partial charge on any atom is 0.255 e. The Balaban J connectivity index is 0.00000220. The van der Waals surface area contributed by atoms with Gasteiger partial charge in [-0.25, -0.2) is 0 Å². The Morgan fingerprint density at radius 1 is 1.43 bits per heavy atom. The maximum atomic E-state index is 12.2. The van der Waals surface area contributed by atoms with Crippen LogP contribution in [0.15, 0.2) is 18.2 Å². The molecule has 4 nitrogen and oxygen atoms in total. The fourth-order valence-corrected chi connectivity index (χ4v) is 2.60. The first-order valence-electron chi connectivity index (χ1n) is 7.06. The largest absolute Gasteiger partial charge is 0.496 e. The molecule has 1 aromatic rings. The molecule has 1 heterocycles. The SMILES string of the molecule is COc1cc(Cl)ccc1C(=O)NCC1CCCCCN1.Cl. The van der Waals surface area contributed by atoms with Crippen molar-refractivity contribution in [2.24, 2.45) is 0 Å². The molecule has 0 aromatic heterocycles. The Labute approximate surface area is 137 Å². The Kier molecular flexibility index (Phi) is 7.86. The van der Waals surface area contributed by atoms with E-state index in [0.717, 1.165) is 13.0 Å². The summed E-state index contributed by atoms with van der Waals surface area (Å²) in [6.07, 6.45) is 4.81. The number of carbonyl (C=O) groups excluding carboxylic acids is 1. The van der Waals surface area contributed by atoms with E-state index in [-0.39, 0.29) is 18.3 Å². The van der Waals surface area contributed by atoms with Gasteiger partial charge in [-0.05, 0) is 37.6 Å². The second-order valence-corrected chi connectivity index (χ2v) is 5.49. The zero-order valence-electron chi connectivity index (χ0n) is 12.2. The molecule has 1 aliphatic rings. The molecule has 0 radical (unpaired) electrons. The first kappa shape index (κ1) is 18.1. The topological polar surface area (TPSA) is 50.4 Å². The lowest BCUT2D eigenvalue weighted by molar-refractivity contribution is 0.0946. The van der Waals surface area contributed by atoms with Crippen LogP contribution in [0.2, 0.25) is 5.02 Å². The Morgan fingerprint density at radius 3 is 3.00 bits per heavy atom. The van der Waals surface area contributed by atoms with E-state index in [4.69, 9.17) is 16.3 Å². The average Bonchev–Trinajstić information content (AvgIpc) is 2.73. The van der Waals surface area contributed by atoms with Crippen molar-refractivity contribution >= 4 is 29.9 Å². The van der Waals surface area contributed by atoms with Gasteiger partial charge in [-0.1, -0.05) is 24.4 Å². The number of hydrogen-bond acceptors (Lipinski definition) is 3. The van der Waals surface area contributed by atoms with Gasteiger partial charge >= 0.3 is 0 Å². The number of hydrogen-bond donors (Lipinski definition) is 2. The summed E-state index contributed by atoms with van der Waals surface area (Å²) in [7, 11) is 1.54. The van der Waals surface area contributed by atoms with E-state index < -0.39 is 0 Å². The molecule has 6 heteroatoms. The third-order valence-electron chi connectivity index (χ3n) is 3.58. The quantitative estimate of drug-likeness (QED) is 0.890. The smallest absolute Gasteiger partial charge is 0.255 e. The summed E-state index contributed by atoms with van der Waals surface area (Å²) in [5.74, 6) is 0.383. The Morgan fingerprint density at radius 2 is 2.24 bits per heavy atom. The van der Waals surface area contributed by atoms with Crippen molar-refractivity contribution < 1.29 is 9.53 Å². The molecule has 21 heavy (non-hydrogen) atoms. The number of benzene rings is 1. The van der Waals surface area contributed by atoms with Gasteiger partial charge in [-0.2, -0.15) is 0 Å². The van der Waals surface area contributed by atoms with Crippen LogP contribution >= 0.6 is 24.0 Å². The molecule has 0 spiro atoms. The van der Waals surface area contributed by atoms with E-state index in [1.165, 1.54) is 26.4 Å². The molecule has 1 saturated heterocycles. The molecule has 2 rings (SSSR count). The van der Waals surface area contributed by atoms with Gasteiger partial charge in [-0.3, -0.25) is 4.79 Å². The highest BCUT2D eigenvalue weighted by Crippen LogP contribution is 2.23. The highest BCUT2D eigenvalue weighted by atomic mass is 35.5. The monoisotopic (exact) mass is 332 g/mol. The molecule has 1 aliphatic heterocycles. The van der Waals surface area contributed by atoms with Gasteiger partial charge in [0.05, 0.1) is 12.7 Å². The summed E-state index contributed by atoms with van der Waals surface area (Å²) in [4.78, 5) is 12.2. The predicted octanol–water partition coefficient (Wildman–Crippen LogP) is 3.03. The number of nitrogens with one attached hydrogen (secondary N) is 2.